The Morgan fingerprint density at radius 1 is 1.33 bits per heavy atom. The zero-order valence-electron chi connectivity index (χ0n) is 11.6. The molecule has 0 bridgehead atoms. The fraction of sp³-hybridized carbons (Fsp3) is 0.133. The Balaban J connectivity index is 2.40. The number of hydrogen-bond donors (Lipinski definition) is 2. The molecule has 0 unspecified atom stereocenters. The van der Waals surface area contributed by atoms with Crippen molar-refractivity contribution in [1.82, 2.24) is 0 Å². The molecule has 0 fully saturated rings. The molecule has 0 atom stereocenters. The van der Waals surface area contributed by atoms with Crippen LogP contribution in [-0.4, -0.2) is 18.4 Å². The van der Waals surface area contributed by atoms with Crippen LogP contribution in [-0.2, 0) is 0 Å². The van der Waals surface area contributed by atoms with E-state index in [0.717, 1.165) is 16.1 Å². The van der Waals surface area contributed by atoms with E-state index in [-0.39, 0.29) is 5.75 Å². The fourth-order valence-corrected chi connectivity index (χ4v) is 2.88. The van der Waals surface area contributed by atoms with Crippen LogP contribution < -0.4 is 15.8 Å². The lowest BCUT2D eigenvalue weighted by Crippen LogP contribution is -2.13. The van der Waals surface area contributed by atoms with Crippen molar-refractivity contribution in [3.8, 4) is 5.75 Å². The molecular formula is C15H15FN2OS2. The molecule has 21 heavy (non-hydrogen) atoms. The summed E-state index contributed by atoms with van der Waals surface area (Å²) in [5, 5.41) is 3.14. The van der Waals surface area contributed by atoms with Gasteiger partial charge >= 0.3 is 0 Å². The summed E-state index contributed by atoms with van der Waals surface area (Å²) in [5.74, 6) is -0.228. The lowest BCUT2D eigenvalue weighted by atomic mass is 10.1. The summed E-state index contributed by atoms with van der Waals surface area (Å²) in [4.78, 5) is 1.28. The van der Waals surface area contributed by atoms with Crippen molar-refractivity contribution >= 4 is 40.3 Å². The third-order valence-corrected chi connectivity index (χ3v) is 3.91. The fourth-order valence-electron chi connectivity index (χ4n) is 1.96. The van der Waals surface area contributed by atoms with E-state index in [2.05, 4.69) is 5.32 Å². The van der Waals surface area contributed by atoms with Gasteiger partial charge in [-0.05, 0) is 30.5 Å². The number of ether oxygens (including phenoxy) is 1. The Labute approximate surface area is 132 Å². The molecule has 2 rings (SSSR count). The van der Waals surface area contributed by atoms with E-state index >= 15 is 0 Å². The molecule has 0 amide bonds. The summed E-state index contributed by atoms with van der Waals surface area (Å²) in [5.41, 5.74) is 7.91. The maximum Gasteiger partial charge on any atom is 0.167 e. The molecule has 0 aliphatic rings. The van der Waals surface area contributed by atoms with E-state index in [1.807, 2.05) is 24.5 Å². The average molecular weight is 322 g/mol. The van der Waals surface area contributed by atoms with Gasteiger partial charge in [0.1, 0.15) is 4.99 Å². The smallest absolute Gasteiger partial charge is 0.167 e. The predicted molar refractivity (Wildman–Crippen MR) is 90.3 cm³/mol. The molecule has 0 saturated carbocycles. The lowest BCUT2D eigenvalue weighted by molar-refractivity contribution is 0.386. The van der Waals surface area contributed by atoms with Gasteiger partial charge in [0.2, 0.25) is 0 Å². The molecule has 3 N–H and O–H groups in total. The van der Waals surface area contributed by atoms with Gasteiger partial charge in [0.15, 0.2) is 11.6 Å². The molecule has 0 aliphatic heterocycles. The second-order valence-corrected chi connectivity index (χ2v) is 5.51. The number of halogens is 1. The summed E-state index contributed by atoms with van der Waals surface area (Å²) in [6.07, 6.45) is 1.95. The third kappa shape index (κ3) is 3.46. The van der Waals surface area contributed by atoms with Crippen LogP contribution in [0.5, 0.6) is 5.75 Å². The standard InChI is InChI=1S/C15H15FN2OS2/c1-19-12-7-6-9(8-10(12)16)18-11-4-3-5-13(21-2)14(11)15(17)20/h3-8,18H,1-2H3,(H2,17,20). The van der Waals surface area contributed by atoms with Crippen LogP contribution in [0.4, 0.5) is 15.8 Å². The number of rotatable bonds is 5. The highest BCUT2D eigenvalue weighted by molar-refractivity contribution is 7.98. The van der Waals surface area contributed by atoms with Crippen molar-refractivity contribution in [2.45, 2.75) is 4.90 Å². The maximum absolute atomic E-state index is 13.7. The topological polar surface area (TPSA) is 47.3 Å². The zero-order chi connectivity index (χ0) is 15.4. The molecule has 3 nitrogen and oxygen atoms in total. The second kappa shape index (κ2) is 6.78. The zero-order valence-corrected chi connectivity index (χ0v) is 13.3. The second-order valence-electron chi connectivity index (χ2n) is 4.22. The van der Waals surface area contributed by atoms with Crippen LogP contribution in [0.25, 0.3) is 0 Å². The quantitative estimate of drug-likeness (QED) is 0.645. The van der Waals surface area contributed by atoms with E-state index in [4.69, 9.17) is 22.7 Å². The third-order valence-electron chi connectivity index (χ3n) is 2.92. The van der Waals surface area contributed by atoms with Gasteiger partial charge in [0.05, 0.1) is 7.11 Å². The number of benzene rings is 2. The van der Waals surface area contributed by atoms with Crippen LogP contribution in [0.3, 0.4) is 0 Å². The van der Waals surface area contributed by atoms with Crippen LogP contribution in [0.1, 0.15) is 5.56 Å². The molecule has 0 radical (unpaired) electrons. The number of thiocarbonyl (C=S) groups is 1. The first-order chi connectivity index (χ1) is 10.1. The number of nitrogens with two attached hydrogens (primary N) is 1. The van der Waals surface area contributed by atoms with E-state index in [1.165, 1.54) is 13.2 Å². The summed E-state index contributed by atoms with van der Waals surface area (Å²) in [7, 11) is 1.43. The Morgan fingerprint density at radius 2 is 2.10 bits per heavy atom. The van der Waals surface area contributed by atoms with Crippen molar-refractivity contribution in [1.29, 1.82) is 0 Å². The minimum Gasteiger partial charge on any atom is -0.494 e. The van der Waals surface area contributed by atoms with Crippen LogP contribution in [0.15, 0.2) is 41.3 Å². The van der Waals surface area contributed by atoms with Crippen LogP contribution in [0, 0.1) is 5.82 Å². The highest BCUT2D eigenvalue weighted by Crippen LogP contribution is 2.30. The summed E-state index contributed by atoms with van der Waals surface area (Å²) < 4.78 is 18.6. The molecule has 0 saturated heterocycles. The largest absolute Gasteiger partial charge is 0.494 e. The van der Waals surface area contributed by atoms with Gasteiger partial charge in [-0.1, -0.05) is 18.3 Å². The van der Waals surface area contributed by atoms with E-state index in [0.29, 0.717) is 10.7 Å². The van der Waals surface area contributed by atoms with Gasteiger partial charge in [-0.2, -0.15) is 0 Å². The van der Waals surface area contributed by atoms with Crippen molar-refractivity contribution in [2.75, 3.05) is 18.7 Å². The van der Waals surface area contributed by atoms with E-state index in [1.54, 1.807) is 23.9 Å². The van der Waals surface area contributed by atoms with Crippen molar-refractivity contribution < 1.29 is 9.13 Å². The number of anilines is 2. The van der Waals surface area contributed by atoms with E-state index < -0.39 is 5.82 Å². The minimum atomic E-state index is -0.430. The summed E-state index contributed by atoms with van der Waals surface area (Å²) >= 11 is 6.67. The molecule has 0 heterocycles. The predicted octanol–water partition coefficient (Wildman–Crippen LogP) is 3.93. The lowest BCUT2D eigenvalue weighted by Gasteiger charge is -2.14. The molecule has 0 spiro atoms. The van der Waals surface area contributed by atoms with Gasteiger partial charge in [-0.15, -0.1) is 11.8 Å². The first kappa shape index (κ1) is 15.6. The molecular weight excluding hydrogens is 307 g/mol. The molecule has 6 heteroatoms. The van der Waals surface area contributed by atoms with Crippen molar-refractivity contribution in [3.63, 3.8) is 0 Å². The monoisotopic (exact) mass is 322 g/mol. The average Bonchev–Trinajstić information content (AvgIpc) is 2.46. The first-order valence-electron chi connectivity index (χ1n) is 6.14. The normalized spacial score (nSPS) is 10.2. The summed E-state index contributed by atoms with van der Waals surface area (Å²) in [6.45, 7) is 0. The highest BCUT2D eigenvalue weighted by atomic mass is 32.2. The van der Waals surface area contributed by atoms with Crippen LogP contribution in [0.2, 0.25) is 0 Å². The van der Waals surface area contributed by atoms with Gasteiger partial charge in [0, 0.05) is 27.9 Å². The van der Waals surface area contributed by atoms with Crippen molar-refractivity contribution in [3.05, 3.63) is 47.8 Å². The maximum atomic E-state index is 13.7. The molecule has 0 aliphatic carbocycles. The van der Waals surface area contributed by atoms with Gasteiger partial charge in [-0.25, -0.2) is 4.39 Å². The Morgan fingerprint density at radius 3 is 2.67 bits per heavy atom. The van der Waals surface area contributed by atoms with Gasteiger partial charge in [-0.3, -0.25) is 0 Å². The number of nitrogens with one attached hydrogen (secondary N) is 1. The van der Waals surface area contributed by atoms with E-state index in [9.17, 15) is 4.39 Å². The van der Waals surface area contributed by atoms with Crippen LogP contribution >= 0.6 is 24.0 Å². The molecule has 0 aromatic heterocycles. The molecule has 2 aromatic rings. The first-order valence-corrected chi connectivity index (χ1v) is 7.77. The van der Waals surface area contributed by atoms with Gasteiger partial charge in [0.25, 0.3) is 0 Å². The molecule has 2 aromatic carbocycles. The minimum absolute atomic E-state index is 0.202. The summed E-state index contributed by atoms with van der Waals surface area (Å²) in [6, 6.07) is 10.4. The highest BCUT2D eigenvalue weighted by Gasteiger charge is 2.11. The Hall–Kier alpha value is -1.79. The van der Waals surface area contributed by atoms with Gasteiger partial charge < -0.3 is 15.8 Å². The SMILES string of the molecule is COc1ccc(Nc2cccc(SC)c2C(N)=S)cc1F. The molecule has 110 valence electrons. The number of thioether (sulfide) groups is 1. The number of methoxy groups -OCH3 is 1. The Bertz CT molecular complexity index is 677. The number of hydrogen-bond acceptors (Lipinski definition) is 4. The Kier molecular flexibility index (Phi) is 5.03. The van der Waals surface area contributed by atoms with Crippen molar-refractivity contribution in [2.24, 2.45) is 5.73 Å².